The van der Waals surface area contributed by atoms with Crippen molar-refractivity contribution in [1.29, 1.82) is 0 Å². The number of aromatic nitrogens is 1. The molecule has 3 aromatic carbocycles. The number of nitrogens with zero attached hydrogens (tertiary/aromatic N) is 2. The normalized spacial score (nSPS) is 14.4. The number of benzene rings is 3. The lowest BCUT2D eigenvalue weighted by Crippen LogP contribution is -2.40. The van der Waals surface area contributed by atoms with E-state index in [1.807, 2.05) is 32.0 Å². The smallest absolute Gasteiger partial charge is 0.338 e. The van der Waals surface area contributed by atoms with Gasteiger partial charge in [0.25, 0.3) is 5.56 Å². The van der Waals surface area contributed by atoms with Crippen molar-refractivity contribution in [3.8, 4) is 17.2 Å². The number of carbonyl (C=O) groups is 2. The molecule has 244 valence electrons. The number of halogens is 1. The molecule has 2 heterocycles. The van der Waals surface area contributed by atoms with Crippen LogP contribution in [-0.4, -0.2) is 41.4 Å². The summed E-state index contributed by atoms with van der Waals surface area (Å²) < 4.78 is 25.5. The molecule has 0 amide bonds. The lowest BCUT2D eigenvalue weighted by atomic mass is 9.95. The van der Waals surface area contributed by atoms with Crippen LogP contribution in [0.25, 0.3) is 6.08 Å². The van der Waals surface area contributed by atoms with Crippen molar-refractivity contribution in [3.05, 3.63) is 118 Å². The number of carboxylic acids is 1. The number of esters is 1. The van der Waals surface area contributed by atoms with Gasteiger partial charge in [0, 0.05) is 0 Å². The summed E-state index contributed by atoms with van der Waals surface area (Å²) in [6.07, 6.45) is 1.69. The van der Waals surface area contributed by atoms with Crippen molar-refractivity contribution in [2.24, 2.45) is 4.99 Å². The fourth-order valence-corrected chi connectivity index (χ4v) is 6.65. The predicted molar refractivity (Wildman–Crippen MR) is 181 cm³/mol. The van der Waals surface area contributed by atoms with Crippen LogP contribution < -0.4 is 29.1 Å². The van der Waals surface area contributed by atoms with Gasteiger partial charge in [-0.15, -0.1) is 0 Å². The van der Waals surface area contributed by atoms with Gasteiger partial charge in [-0.1, -0.05) is 35.6 Å². The molecular weight excluding hydrogens is 688 g/mol. The van der Waals surface area contributed by atoms with E-state index in [4.69, 9.17) is 24.1 Å². The Kier molecular flexibility index (Phi) is 10.3. The van der Waals surface area contributed by atoms with E-state index in [9.17, 15) is 14.4 Å². The Labute approximate surface area is 283 Å². The first-order valence-corrected chi connectivity index (χ1v) is 16.4. The molecule has 0 saturated heterocycles. The number of hydrogen-bond donors (Lipinski definition) is 1. The average Bonchev–Trinajstić information content (AvgIpc) is 3.33. The Hall–Kier alpha value is -4.68. The van der Waals surface area contributed by atoms with Crippen LogP contribution >= 0.6 is 27.3 Å². The highest BCUT2D eigenvalue weighted by Crippen LogP contribution is 2.36. The Bertz CT molecular complexity index is 2050. The van der Waals surface area contributed by atoms with Gasteiger partial charge in [0.2, 0.25) is 0 Å². The van der Waals surface area contributed by atoms with Crippen LogP contribution in [0.4, 0.5) is 0 Å². The molecule has 0 bridgehead atoms. The van der Waals surface area contributed by atoms with Crippen LogP contribution in [-0.2, 0) is 16.1 Å². The first kappa shape index (κ1) is 33.7. The lowest BCUT2D eigenvalue weighted by Gasteiger charge is -2.25. The third-order valence-electron chi connectivity index (χ3n) is 7.23. The van der Waals surface area contributed by atoms with Crippen molar-refractivity contribution in [1.82, 2.24) is 4.57 Å². The zero-order valence-electron chi connectivity index (χ0n) is 26.4. The zero-order chi connectivity index (χ0) is 33.8. The summed E-state index contributed by atoms with van der Waals surface area (Å²) in [5.74, 6) is 0.0671. The van der Waals surface area contributed by atoms with Crippen molar-refractivity contribution in [2.75, 3.05) is 13.7 Å². The minimum Gasteiger partial charge on any atom is -0.493 e. The summed E-state index contributed by atoms with van der Waals surface area (Å²) in [5.41, 5.74) is 2.84. The zero-order valence-corrected chi connectivity index (χ0v) is 28.8. The van der Waals surface area contributed by atoms with E-state index < -0.39 is 18.0 Å². The van der Waals surface area contributed by atoms with E-state index in [0.717, 1.165) is 11.1 Å². The molecule has 5 rings (SSSR count). The summed E-state index contributed by atoms with van der Waals surface area (Å²) in [7, 11) is 1.54. The number of carboxylic acid groups (broad SMARTS) is 1. The van der Waals surface area contributed by atoms with Gasteiger partial charge < -0.3 is 24.1 Å². The summed E-state index contributed by atoms with van der Waals surface area (Å²) in [6, 6.07) is 16.5. The fourth-order valence-electron chi connectivity index (χ4n) is 5.09. The van der Waals surface area contributed by atoms with E-state index in [1.54, 1.807) is 50.3 Å². The number of carbonyl (C=O) groups excluding carboxylic acids is 1. The largest absolute Gasteiger partial charge is 0.493 e. The van der Waals surface area contributed by atoms with Crippen molar-refractivity contribution < 1.29 is 33.6 Å². The van der Waals surface area contributed by atoms with Crippen LogP contribution in [0.3, 0.4) is 0 Å². The third-order valence-corrected chi connectivity index (χ3v) is 8.83. The minimum atomic E-state index is -0.987. The number of aromatic carboxylic acids is 1. The molecule has 10 nitrogen and oxygen atoms in total. The maximum absolute atomic E-state index is 14.1. The van der Waals surface area contributed by atoms with Gasteiger partial charge in [0.15, 0.2) is 16.3 Å². The summed E-state index contributed by atoms with van der Waals surface area (Å²) >= 11 is 4.79. The van der Waals surface area contributed by atoms with Gasteiger partial charge in [0.05, 0.1) is 51.7 Å². The molecule has 47 heavy (non-hydrogen) atoms. The minimum absolute atomic E-state index is 0.0804. The second kappa shape index (κ2) is 14.4. The Morgan fingerprint density at radius 2 is 1.79 bits per heavy atom. The van der Waals surface area contributed by atoms with E-state index in [0.29, 0.717) is 42.3 Å². The molecule has 0 spiro atoms. The molecule has 1 N–H and O–H groups in total. The Morgan fingerprint density at radius 1 is 1.06 bits per heavy atom. The van der Waals surface area contributed by atoms with E-state index in [-0.39, 0.29) is 36.0 Å². The average molecular weight is 722 g/mol. The van der Waals surface area contributed by atoms with Crippen LogP contribution in [0.5, 0.6) is 17.2 Å². The number of ether oxygens (including phenoxy) is 4. The molecule has 0 fully saturated rings. The van der Waals surface area contributed by atoms with Gasteiger partial charge in [-0.25, -0.2) is 14.6 Å². The van der Waals surface area contributed by atoms with Crippen molar-refractivity contribution >= 4 is 45.3 Å². The highest BCUT2D eigenvalue weighted by molar-refractivity contribution is 9.10. The van der Waals surface area contributed by atoms with Gasteiger partial charge in [-0.3, -0.25) is 9.36 Å². The van der Waals surface area contributed by atoms with E-state index in [1.165, 1.54) is 35.1 Å². The molecular formula is C35H33BrN2O8S. The van der Waals surface area contributed by atoms with Crippen LogP contribution in [0.1, 0.15) is 60.8 Å². The van der Waals surface area contributed by atoms with Crippen LogP contribution in [0, 0.1) is 0 Å². The van der Waals surface area contributed by atoms with Gasteiger partial charge in [-0.05, 0) is 103 Å². The summed E-state index contributed by atoms with van der Waals surface area (Å²) in [4.78, 5) is 43.5. The Morgan fingerprint density at radius 3 is 2.43 bits per heavy atom. The van der Waals surface area contributed by atoms with Gasteiger partial charge in [-0.2, -0.15) is 0 Å². The molecule has 1 aromatic heterocycles. The van der Waals surface area contributed by atoms with E-state index in [2.05, 4.69) is 20.9 Å². The first-order valence-electron chi connectivity index (χ1n) is 14.8. The lowest BCUT2D eigenvalue weighted by molar-refractivity contribution is -0.139. The maximum atomic E-state index is 14.1. The van der Waals surface area contributed by atoms with E-state index >= 15 is 0 Å². The van der Waals surface area contributed by atoms with Crippen LogP contribution in [0.2, 0.25) is 0 Å². The third kappa shape index (κ3) is 7.34. The predicted octanol–water partition coefficient (Wildman–Crippen LogP) is 5.63. The fraction of sp³-hybridized carbons (Fsp3) is 0.257. The van der Waals surface area contributed by atoms with Crippen LogP contribution in [0.15, 0.2) is 86.2 Å². The molecule has 0 aliphatic carbocycles. The first-order chi connectivity index (χ1) is 22.5. The quantitative estimate of drug-likeness (QED) is 0.198. The number of thiazole rings is 1. The second-order valence-electron chi connectivity index (χ2n) is 10.9. The molecule has 0 unspecified atom stereocenters. The molecule has 4 aromatic rings. The van der Waals surface area contributed by atoms with Crippen molar-refractivity contribution in [2.45, 2.75) is 46.4 Å². The SMILES string of the molecule is CCOC(=O)C1=C(C)N=c2s/c(=C\c3ccc(OCc4ccc(C(=O)O)cc4)c(Br)c3)c(=O)n2[C@H]1c1ccc(OC(C)C)c(OC)c1. The molecule has 1 aliphatic rings. The molecule has 12 heteroatoms. The summed E-state index contributed by atoms with van der Waals surface area (Å²) in [6.45, 7) is 7.71. The molecule has 1 aliphatic heterocycles. The number of allylic oxidation sites excluding steroid dienone is 1. The number of hydrogen-bond acceptors (Lipinski definition) is 9. The molecule has 0 radical (unpaired) electrons. The standard InChI is InChI=1S/C35H33BrN2O8S/c1-6-44-34(42)30-20(4)37-35-38(31(30)24-12-14-27(46-19(2)3)28(17-24)43-5)32(39)29(47-35)16-22-9-13-26(25(36)15-22)45-18-21-7-10-23(11-8-21)33(40)41/h7-17,19,31H,6,18H2,1-5H3,(H,40,41)/b29-16-/t31-/m0/s1. The highest BCUT2D eigenvalue weighted by Gasteiger charge is 2.34. The Balaban J connectivity index is 1.51. The molecule has 1 atom stereocenters. The molecule has 0 saturated carbocycles. The van der Waals surface area contributed by atoms with Gasteiger partial charge in [0.1, 0.15) is 12.4 Å². The number of rotatable bonds is 11. The topological polar surface area (TPSA) is 126 Å². The second-order valence-corrected chi connectivity index (χ2v) is 12.7. The highest BCUT2D eigenvalue weighted by atomic mass is 79.9. The maximum Gasteiger partial charge on any atom is 0.338 e. The number of methoxy groups -OCH3 is 1. The monoisotopic (exact) mass is 720 g/mol. The van der Waals surface area contributed by atoms with Crippen molar-refractivity contribution in [3.63, 3.8) is 0 Å². The van der Waals surface area contributed by atoms with Gasteiger partial charge >= 0.3 is 11.9 Å². The number of fused-ring (bicyclic) bond motifs is 1. The summed E-state index contributed by atoms with van der Waals surface area (Å²) in [5, 5.41) is 9.10.